The zero-order valence-electron chi connectivity index (χ0n) is 10.3. The Labute approximate surface area is 105 Å². The first-order chi connectivity index (χ1) is 8.45. The Kier molecular flexibility index (Phi) is 4.48. The lowest BCUT2D eigenvalue weighted by molar-refractivity contribution is 0.0696. The van der Waals surface area contributed by atoms with E-state index in [0.717, 1.165) is 5.56 Å². The molecule has 0 radical (unpaired) electrons. The summed E-state index contributed by atoms with van der Waals surface area (Å²) in [6.07, 6.45) is 0.811. The number of nitrogens with one attached hydrogen (secondary N) is 1. The van der Waals surface area contributed by atoms with E-state index in [1.807, 2.05) is 0 Å². The number of anilines is 1. The van der Waals surface area contributed by atoms with Crippen LogP contribution in [0, 0.1) is 13.8 Å². The minimum absolute atomic E-state index is 0.0997. The molecular weight excluding hydrogens is 234 g/mol. The molecule has 5 nitrogen and oxygen atoms in total. The predicted molar refractivity (Wildman–Crippen MR) is 68.0 cm³/mol. The number of benzene rings is 1. The Balaban J connectivity index is 2.98. The van der Waals surface area contributed by atoms with Crippen molar-refractivity contribution in [2.45, 2.75) is 13.8 Å². The molecule has 0 atom stereocenters. The smallest absolute Gasteiger partial charge is 0.411 e. The molecule has 0 aliphatic heterocycles. The van der Waals surface area contributed by atoms with Gasteiger partial charge in [-0.3, -0.25) is 5.32 Å². The second-order valence-electron chi connectivity index (χ2n) is 3.80. The molecule has 2 N–H and O–H groups in total. The lowest BCUT2D eigenvalue weighted by atomic mass is 10.0. The second kappa shape index (κ2) is 5.86. The fourth-order valence-electron chi connectivity index (χ4n) is 1.49. The van der Waals surface area contributed by atoms with Gasteiger partial charge in [-0.1, -0.05) is 12.7 Å². The van der Waals surface area contributed by atoms with E-state index in [1.54, 1.807) is 26.0 Å². The molecule has 1 amide bonds. The quantitative estimate of drug-likeness (QED) is 0.804. The SMILES string of the molecule is C=CCOC(=O)Nc1cc(C)cc(C(=O)O)c1C. The van der Waals surface area contributed by atoms with Crippen molar-refractivity contribution in [1.82, 2.24) is 0 Å². The first-order valence-corrected chi connectivity index (χ1v) is 5.35. The molecule has 1 aromatic carbocycles. The molecule has 18 heavy (non-hydrogen) atoms. The second-order valence-corrected chi connectivity index (χ2v) is 3.80. The van der Waals surface area contributed by atoms with Crippen LogP contribution in [0.25, 0.3) is 0 Å². The van der Waals surface area contributed by atoms with E-state index in [0.29, 0.717) is 11.3 Å². The number of aromatic carboxylic acids is 1. The first-order valence-electron chi connectivity index (χ1n) is 5.35. The van der Waals surface area contributed by atoms with Gasteiger partial charge >= 0.3 is 12.1 Å². The van der Waals surface area contributed by atoms with Crippen molar-refractivity contribution in [2.75, 3.05) is 11.9 Å². The number of ether oxygens (including phenoxy) is 1. The zero-order chi connectivity index (χ0) is 13.7. The van der Waals surface area contributed by atoms with Crippen LogP contribution in [0.1, 0.15) is 21.5 Å². The van der Waals surface area contributed by atoms with E-state index >= 15 is 0 Å². The maximum Gasteiger partial charge on any atom is 0.411 e. The molecule has 0 unspecified atom stereocenters. The average molecular weight is 249 g/mol. The molecule has 0 saturated heterocycles. The summed E-state index contributed by atoms with van der Waals surface area (Å²) in [5.41, 5.74) is 1.83. The third-order valence-electron chi connectivity index (χ3n) is 2.35. The lowest BCUT2D eigenvalue weighted by Gasteiger charge is -2.11. The van der Waals surface area contributed by atoms with Gasteiger partial charge in [-0.25, -0.2) is 9.59 Å². The van der Waals surface area contributed by atoms with Crippen LogP contribution in [0.5, 0.6) is 0 Å². The third-order valence-corrected chi connectivity index (χ3v) is 2.35. The molecule has 0 spiro atoms. The first kappa shape index (κ1) is 13.8. The van der Waals surface area contributed by atoms with Gasteiger partial charge < -0.3 is 9.84 Å². The molecule has 0 aliphatic carbocycles. The van der Waals surface area contributed by atoms with Gasteiger partial charge in [0.2, 0.25) is 0 Å². The van der Waals surface area contributed by atoms with Crippen LogP contribution in [0.15, 0.2) is 24.8 Å². The summed E-state index contributed by atoms with van der Waals surface area (Å²) >= 11 is 0. The maximum absolute atomic E-state index is 11.4. The van der Waals surface area contributed by atoms with E-state index in [-0.39, 0.29) is 12.2 Å². The zero-order valence-corrected chi connectivity index (χ0v) is 10.3. The van der Waals surface area contributed by atoms with Crippen molar-refractivity contribution in [1.29, 1.82) is 0 Å². The highest BCUT2D eigenvalue weighted by atomic mass is 16.5. The summed E-state index contributed by atoms with van der Waals surface area (Å²) in [6.45, 7) is 6.91. The van der Waals surface area contributed by atoms with Gasteiger partial charge in [-0.2, -0.15) is 0 Å². The van der Waals surface area contributed by atoms with Gasteiger partial charge in [0, 0.05) is 5.69 Å². The molecule has 0 aliphatic rings. The Hall–Kier alpha value is -2.30. The Morgan fingerprint density at radius 1 is 1.44 bits per heavy atom. The van der Waals surface area contributed by atoms with Crippen LogP contribution in [-0.4, -0.2) is 23.8 Å². The number of carboxylic acids is 1. The maximum atomic E-state index is 11.4. The highest BCUT2D eigenvalue weighted by Crippen LogP contribution is 2.21. The van der Waals surface area contributed by atoms with Gasteiger partial charge in [0.25, 0.3) is 0 Å². The summed E-state index contributed by atoms with van der Waals surface area (Å²) in [7, 11) is 0. The Bertz CT molecular complexity index is 494. The minimum Gasteiger partial charge on any atom is -0.478 e. The number of carbonyl (C=O) groups is 2. The van der Waals surface area contributed by atoms with Crippen LogP contribution in [0.2, 0.25) is 0 Å². The summed E-state index contributed by atoms with van der Waals surface area (Å²) in [5.74, 6) is -1.03. The summed E-state index contributed by atoms with van der Waals surface area (Å²) in [4.78, 5) is 22.4. The lowest BCUT2D eigenvalue weighted by Crippen LogP contribution is -2.15. The topological polar surface area (TPSA) is 75.6 Å². The van der Waals surface area contributed by atoms with E-state index in [4.69, 9.17) is 9.84 Å². The molecule has 0 fully saturated rings. The van der Waals surface area contributed by atoms with Crippen LogP contribution in [0.4, 0.5) is 10.5 Å². The number of carboxylic acid groups (broad SMARTS) is 1. The number of amides is 1. The molecule has 1 aromatic rings. The molecule has 0 saturated carbocycles. The van der Waals surface area contributed by atoms with E-state index in [2.05, 4.69) is 11.9 Å². The predicted octanol–water partition coefficient (Wildman–Crippen LogP) is 2.74. The fourth-order valence-corrected chi connectivity index (χ4v) is 1.49. The highest BCUT2D eigenvalue weighted by molar-refractivity contribution is 5.94. The van der Waals surface area contributed by atoms with Crippen LogP contribution in [0.3, 0.4) is 0 Å². The van der Waals surface area contributed by atoms with Crippen molar-refractivity contribution in [3.05, 3.63) is 41.5 Å². The number of hydrogen-bond donors (Lipinski definition) is 2. The number of aryl methyl sites for hydroxylation is 1. The fraction of sp³-hybridized carbons (Fsp3) is 0.231. The van der Waals surface area contributed by atoms with Gasteiger partial charge in [0.15, 0.2) is 0 Å². The van der Waals surface area contributed by atoms with Gasteiger partial charge in [0.1, 0.15) is 6.61 Å². The van der Waals surface area contributed by atoms with E-state index in [9.17, 15) is 9.59 Å². The van der Waals surface area contributed by atoms with Gasteiger partial charge in [-0.15, -0.1) is 0 Å². The average Bonchev–Trinajstić information content (AvgIpc) is 2.30. The van der Waals surface area contributed by atoms with Crippen molar-refractivity contribution < 1.29 is 19.4 Å². The van der Waals surface area contributed by atoms with E-state index in [1.165, 1.54) is 6.08 Å². The molecule has 0 aromatic heterocycles. The standard InChI is InChI=1S/C13H15NO4/c1-4-5-18-13(17)14-11-7-8(2)6-10(9(11)3)12(15)16/h4,6-7H,1,5H2,2-3H3,(H,14,17)(H,15,16). The number of hydrogen-bond acceptors (Lipinski definition) is 3. The number of rotatable bonds is 4. The van der Waals surface area contributed by atoms with Crippen molar-refractivity contribution in [3.63, 3.8) is 0 Å². The summed E-state index contributed by atoms with van der Waals surface area (Å²) < 4.78 is 4.77. The molecule has 0 bridgehead atoms. The Morgan fingerprint density at radius 2 is 2.11 bits per heavy atom. The highest BCUT2D eigenvalue weighted by Gasteiger charge is 2.13. The van der Waals surface area contributed by atoms with Crippen LogP contribution >= 0.6 is 0 Å². The monoisotopic (exact) mass is 249 g/mol. The van der Waals surface area contributed by atoms with E-state index < -0.39 is 12.1 Å². The third kappa shape index (κ3) is 3.35. The molecule has 1 rings (SSSR count). The van der Waals surface area contributed by atoms with Crippen LogP contribution in [-0.2, 0) is 4.74 Å². The molecule has 0 heterocycles. The van der Waals surface area contributed by atoms with Crippen molar-refractivity contribution in [2.24, 2.45) is 0 Å². The molecule has 96 valence electrons. The normalized spacial score (nSPS) is 9.67. The molecule has 5 heteroatoms. The van der Waals surface area contributed by atoms with Gasteiger partial charge in [0.05, 0.1) is 5.56 Å². The van der Waals surface area contributed by atoms with Crippen molar-refractivity contribution in [3.8, 4) is 0 Å². The van der Waals surface area contributed by atoms with Crippen molar-refractivity contribution >= 4 is 17.7 Å². The molecular formula is C13H15NO4. The Morgan fingerprint density at radius 3 is 2.67 bits per heavy atom. The van der Waals surface area contributed by atoms with Crippen LogP contribution < -0.4 is 5.32 Å². The summed E-state index contributed by atoms with van der Waals surface area (Å²) in [6, 6.07) is 3.24. The number of carbonyl (C=O) groups excluding carboxylic acids is 1. The largest absolute Gasteiger partial charge is 0.478 e. The minimum atomic E-state index is -1.03. The summed E-state index contributed by atoms with van der Waals surface area (Å²) in [5, 5.41) is 11.5. The van der Waals surface area contributed by atoms with Gasteiger partial charge in [-0.05, 0) is 37.1 Å².